The number of nitrogen functional groups attached to an aromatic ring is 1. The molecule has 2 aliphatic heterocycles. The van der Waals surface area contributed by atoms with Crippen molar-refractivity contribution in [3.8, 4) is 5.75 Å². The van der Waals surface area contributed by atoms with E-state index >= 15 is 0 Å². The minimum atomic E-state index is -1.31. The predicted molar refractivity (Wildman–Crippen MR) is 132 cm³/mol. The zero-order valence-electron chi connectivity index (χ0n) is 18.9. The SMILES string of the molecule is CO/N=C(\C(=O)N[C@@H]1C(=O)N2C(C(=O)O)=C(C=Cc3cc(=O)c(O)cn3C)CS[C@H]12)c1csc(N)n1. The molecule has 2 aliphatic rings. The van der Waals surface area contributed by atoms with E-state index in [1.807, 2.05) is 0 Å². The number of thioether (sulfide) groups is 1. The van der Waals surface area contributed by atoms with Gasteiger partial charge >= 0.3 is 5.97 Å². The van der Waals surface area contributed by atoms with Crippen molar-refractivity contribution in [3.05, 3.63) is 56.6 Å². The summed E-state index contributed by atoms with van der Waals surface area (Å²) in [5, 5.41) is 26.7. The van der Waals surface area contributed by atoms with Gasteiger partial charge in [0.15, 0.2) is 16.6 Å². The molecule has 0 spiro atoms. The molecule has 0 aromatic carbocycles. The number of allylic oxidation sites excluding steroid dienone is 1. The van der Waals surface area contributed by atoms with Crippen LogP contribution in [0.25, 0.3) is 6.08 Å². The number of carboxylic acid groups (broad SMARTS) is 1. The quantitative estimate of drug-likeness (QED) is 0.213. The number of aromatic nitrogens is 2. The number of amides is 2. The minimum absolute atomic E-state index is 0.172. The van der Waals surface area contributed by atoms with E-state index in [1.54, 1.807) is 7.05 Å². The zero-order chi connectivity index (χ0) is 26.1. The number of hydrogen-bond donors (Lipinski definition) is 4. The standard InChI is InChI=1S/C21H20N6O7S2/c1-26-6-13(29)12(28)5-10(26)4-3-9-7-35-19-15(18(31)27(19)16(9)20(32)33)24-17(30)14(25-34-2)11-8-36-21(22)23-11/h3-6,8,15,19,29H,7H2,1-2H3,(H2,22,23)(H,24,30)(H,32,33)/b4-3?,25-14-/t15-,19-/m1/s1. The Hall–Kier alpha value is -4.11. The second-order valence-corrected chi connectivity index (χ2v) is 9.62. The highest BCUT2D eigenvalue weighted by Gasteiger charge is 2.54. The number of carboxylic acids is 1. The molecule has 0 radical (unpaired) electrons. The number of pyridine rings is 1. The van der Waals surface area contributed by atoms with Gasteiger partial charge in [0.1, 0.15) is 29.9 Å². The lowest BCUT2D eigenvalue weighted by atomic mass is 10.0. The van der Waals surface area contributed by atoms with E-state index < -0.39 is 40.4 Å². The van der Waals surface area contributed by atoms with Crippen LogP contribution in [-0.4, -0.2) is 72.4 Å². The third-order valence-corrected chi connectivity index (χ3v) is 7.34. The molecule has 1 fully saturated rings. The summed E-state index contributed by atoms with van der Waals surface area (Å²) in [5.41, 5.74) is 5.61. The molecule has 2 amide bonds. The van der Waals surface area contributed by atoms with Gasteiger partial charge in [-0.2, -0.15) is 0 Å². The number of nitrogens with zero attached hydrogens (tertiary/aromatic N) is 4. The van der Waals surface area contributed by atoms with Crippen LogP contribution in [0.1, 0.15) is 11.4 Å². The number of rotatable bonds is 7. The van der Waals surface area contributed by atoms with E-state index in [0.717, 1.165) is 16.2 Å². The van der Waals surface area contributed by atoms with E-state index in [0.29, 0.717) is 11.3 Å². The van der Waals surface area contributed by atoms with E-state index in [-0.39, 0.29) is 28.0 Å². The Balaban J connectivity index is 1.56. The first-order valence-electron chi connectivity index (χ1n) is 10.2. The number of oxime groups is 1. The molecule has 2 aromatic rings. The largest absolute Gasteiger partial charge is 0.503 e. The summed E-state index contributed by atoms with van der Waals surface area (Å²) in [6.45, 7) is 0. The summed E-state index contributed by atoms with van der Waals surface area (Å²) in [7, 11) is 2.87. The third kappa shape index (κ3) is 4.57. The molecule has 4 heterocycles. The Morgan fingerprint density at radius 2 is 2.11 bits per heavy atom. The number of carbonyl (C=O) groups is 3. The van der Waals surface area contributed by atoms with Crippen molar-refractivity contribution >= 4 is 57.8 Å². The number of aromatic hydroxyl groups is 1. The van der Waals surface area contributed by atoms with Crippen molar-refractivity contribution in [1.82, 2.24) is 19.8 Å². The molecule has 2 atom stereocenters. The minimum Gasteiger partial charge on any atom is -0.503 e. The molecule has 1 saturated heterocycles. The Kier molecular flexibility index (Phi) is 6.85. The van der Waals surface area contributed by atoms with Crippen LogP contribution < -0.4 is 16.5 Å². The Bertz CT molecular complexity index is 1410. The van der Waals surface area contributed by atoms with Crippen LogP contribution in [0.3, 0.4) is 0 Å². The van der Waals surface area contributed by atoms with E-state index in [1.165, 1.54) is 53.2 Å². The highest BCUT2D eigenvalue weighted by molar-refractivity contribution is 8.00. The predicted octanol–water partition coefficient (Wildman–Crippen LogP) is -0.0679. The highest BCUT2D eigenvalue weighted by atomic mass is 32.2. The summed E-state index contributed by atoms with van der Waals surface area (Å²) in [6, 6.07) is 0.222. The Labute approximate surface area is 211 Å². The fourth-order valence-electron chi connectivity index (χ4n) is 3.66. The number of aryl methyl sites for hydroxylation is 1. The molecule has 13 nitrogen and oxygen atoms in total. The van der Waals surface area contributed by atoms with Gasteiger partial charge in [0, 0.05) is 36.1 Å². The van der Waals surface area contributed by atoms with Crippen LogP contribution in [0.15, 0.2) is 44.9 Å². The lowest BCUT2D eigenvalue weighted by molar-refractivity contribution is -0.150. The lowest BCUT2D eigenvalue weighted by Crippen LogP contribution is -2.71. The summed E-state index contributed by atoms with van der Waals surface area (Å²) in [6.07, 6.45) is 4.28. The molecule has 0 aliphatic carbocycles. The number of fused-ring (bicyclic) bond motifs is 1. The van der Waals surface area contributed by atoms with Crippen molar-refractivity contribution in [1.29, 1.82) is 0 Å². The number of anilines is 1. The molecule has 0 bridgehead atoms. The highest BCUT2D eigenvalue weighted by Crippen LogP contribution is 2.40. The van der Waals surface area contributed by atoms with Gasteiger partial charge < -0.3 is 30.7 Å². The molecule has 2 aromatic heterocycles. The van der Waals surface area contributed by atoms with Gasteiger partial charge in [-0.1, -0.05) is 11.2 Å². The van der Waals surface area contributed by atoms with Gasteiger partial charge in [0.25, 0.3) is 11.8 Å². The zero-order valence-corrected chi connectivity index (χ0v) is 20.5. The van der Waals surface area contributed by atoms with Gasteiger partial charge in [0.05, 0.1) is 0 Å². The maximum absolute atomic E-state index is 12.9. The normalized spacial score (nSPS) is 19.8. The van der Waals surface area contributed by atoms with Gasteiger partial charge in [-0.15, -0.1) is 23.1 Å². The molecular weight excluding hydrogens is 512 g/mol. The van der Waals surface area contributed by atoms with E-state index in [9.17, 15) is 29.4 Å². The molecule has 0 unspecified atom stereocenters. The van der Waals surface area contributed by atoms with E-state index in [2.05, 4.69) is 15.5 Å². The summed E-state index contributed by atoms with van der Waals surface area (Å²) in [4.78, 5) is 59.4. The van der Waals surface area contributed by atoms with Gasteiger partial charge in [-0.05, 0) is 11.6 Å². The fourth-order valence-corrected chi connectivity index (χ4v) is 5.52. The third-order valence-electron chi connectivity index (χ3n) is 5.36. The van der Waals surface area contributed by atoms with Crippen LogP contribution in [-0.2, 0) is 26.3 Å². The Morgan fingerprint density at radius 1 is 1.36 bits per heavy atom. The first-order chi connectivity index (χ1) is 17.1. The van der Waals surface area contributed by atoms with Crippen molar-refractivity contribution in [2.24, 2.45) is 12.2 Å². The number of thiazole rings is 1. The molecule has 188 valence electrons. The number of aliphatic carboxylic acids is 1. The monoisotopic (exact) mass is 532 g/mol. The maximum atomic E-state index is 12.9. The van der Waals surface area contributed by atoms with Crippen molar-refractivity contribution in [3.63, 3.8) is 0 Å². The van der Waals surface area contributed by atoms with Crippen molar-refractivity contribution < 1.29 is 29.4 Å². The molecule has 36 heavy (non-hydrogen) atoms. The first kappa shape index (κ1) is 25.0. The Morgan fingerprint density at radius 3 is 2.75 bits per heavy atom. The molecule has 15 heteroatoms. The average molecular weight is 533 g/mol. The van der Waals surface area contributed by atoms with Crippen LogP contribution >= 0.6 is 23.1 Å². The molecule has 0 saturated carbocycles. The number of nitrogens with two attached hydrogens (primary N) is 1. The van der Waals surface area contributed by atoms with Crippen molar-refractivity contribution in [2.45, 2.75) is 11.4 Å². The van der Waals surface area contributed by atoms with Crippen LogP contribution in [0.2, 0.25) is 0 Å². The second-order valence-electron chi connectivity index (χ2n) is 7.63. The number of β-lactam (4-membered cyclic amide) rings is 1. The van der Waals surface area contributed by atoms with Gasteiger partial charge in [0.2, 0.25) is 5.43 Å². The first-order valence-corrected chi connectivity index (χ1v) is 12.2. The maximum Gasteiger partial charge on any atom is 0.352 e. The molecular formula is C21H20N6O7S2. The fraction of sp³-hybridized carbons (Fsp3) is 0.238. The summed E-state index contributed by atoms with van der Waals surface area (Å²) >= 11 is 2.37. The lowest BCUT2D eigenvalue weighted by Gasteiger charge is -2.49. The average Bonchev–Trinajstić information content (AvgIpc) is 3.27. The van der Waals surface area contributed by atoms with Crippen LogP contribution in [0.4, 0.5) is 5.13 Å². The second kappa shape index (κ2) is 9.87. The topological polar surface area (TPSA) is 189 Å². The number of hydrogen-bond acceptors (Lipinski definition) is 11. The molecule has 5 N–H and O–H groups in total. The van der Waals surface area contributed by atoms with Crippen LogP contribution in [0, 0.1) is 0 Å². The van der Waals surface area contributed by atoms with Gasteiger partial charge in [-0.3, -0.25) is 19.3 Å². The van der Waals surface area contributed by atoms with Gasteiger partial charge in [-0.25, -0.2) is 9.78 Å². The van der Waals surface area contributed by atoms with E-state index in [4.69, 9.17) is 10.6 Å². The smallest absolute Gasteiger partial charge is 0.352 e. The van der Waals surface area contributed by atoms with Crippen molar-refractivity contribution in [2.75, 3.05) is 18.6 Å². The summed E-state index contributed by atoms with van der Waals surface area (Å²) in [5.74, 6) is -2.81. The van der Waals surface area contributed by atoms with Crippen LogP contribution in [0.5, 0.6) is 5.75 Å². The number of carbonyl (C=O) groups excluding carboxylic acids is 2. The molecule has 4 rings (SSSR count). The number of nitrogens with one attached hydrogen (secondary N) is 1. The summed E-state index contributed by atoms with van der Waals surface area (Å²) < 4.78 is 1.50.